The Morgan fingerprint density at radius 1 is 1.48 bits per heavy atom. The van der Waals surface area contributed by atoms with E-state index < -0.39 is 5.60 Å². The number of hydrogen-bond donors (Lipinski definition) is 2. The maximum Gasteiger partial charge on any atom is 0.322 e. The minimum Gasteiger partial charge on any atom is -0.408 e. The van der Waals surface area contributed by atoms with E-state index in [1.165, 1.54) is 6.42 Å². The van der Waals surface area contributed by atoms with E-state index in [2.05, 4.69) is 20.4 Å². The maximum absolute atomic E-state index is 12.0. The second-order valence-corrected chi connectivity index (χ2v) is 6.21. The summed E-state index contributed by atoms with van der Waals surface area (Å²) in [6, 6.07) is 0.142. The average molecular weight is 294 g/mol. The smallest absolute Gasteiger partial charge is 0.322 e. The van der Waals surface area contributed by atoms with E-state index in [0.29, 0.717) is 18.4 Å². The van der Waals surface area contributed by atoms with Crippen LogP contribution in [0.4, 0.5) is 6.01 Å². The van der Waals surface area contributed by atoms with Gasteiger partial charge in [-0.05, 0) is 19.3 Å². The number of nitrogens with one attached hydrogen (secondary N) is 1. The van der Waals surface area contributed by atoms with E-state index in [9.17, 15) is 9.90 Å². The number of fused-ring (bicyclic) bond motifs is 1. The summed E-state index contributed by atoms with van der Waals surface area (Å²) in [5.74, 6) is 0.564. The van der Waals surface area contributed by atoms with Gasteiger partial charge in [0.15, 0.2) is 0 Å². The lowest BCUT2D eigenvalue weighted by atomic mass is 9.71. The fourth-order valence-corrected chi connectivity index (χ4v) is 3.49. The number of carbonyl (C=O) groups excluding carboxylic acids is 1. The van der Waals surface area contributed by atoms with Gasteiger partial charge in [0.05, 0.1) is 12.1 Å². The van der Waals surface area contributed by atoms with Gasteiger partial charge in [-0.2, -0.15) is 0 Å². The van der Waals surface area contributed by atoms with Crippen molar-refractivity contribution in [2.75, 3.05) is 25.0 Å². The third-order valence-electron chi connectivity index (χ3n) is 4.65. The molecule has 7 heteroatoms. The summed E-state index contributed by atoms with van der Waals surface area (Å²) in [6.45, 7) is 3.52. The van der Waals surface area contributed by atoms with E-state index in [-0.39, 0.29) is 11.9 Å². The predicted octanol–water partition coefficient (Wildman–Crippen LogP) is 0.944. The molecule has 1 aromatic heterocycles. The third kappa shape index (κ3) is 3.24. The molecule has 2 fully saturated rings. The number of nitrogens with zero attached hydrogens (tertiary/aromatic N) is 3. The zero-order valence-electron chi connectivity index (χ0n) is 12.3. The van der Waals surface area contributed by atoms with Crippen molar-refractivity contribution < 1.29 is 14.3 Å². The monoisotopic (exact) mass is 294 g/mol. The van der Waals surface area contributed by atoms with E-state index in [4.69, 9.17) is 4.42 Å². The topological polar surface area (TPSA) is 91.5 Å². The SMILES string of the molecule is Cc1nnc(NC(=O)CN2CCC3(O)CCCCC3C2)o1. The molecule has 0 radical (unpaired) electrons. The molecular weight excluding hydrogens is 272 g/mol. The van der Waals surface area contributed by atoms with Crippen molar-refractivity contribution >= 4 is 11.9 Å². The molecule has 0 aromatic carbocycles. The normalized spacial score (nSPS) is 29.9. The molecule has 0 bridgehead atoms. The van der Waals surface area contributed by atoms with Gasteiger partial charge in [-0.15, -0.1) is 5.10 Å². The molecular formula is C14H22N4O3. The summed E-state index contributed by atoms with van der Waals surface area (Å²) in [5, 5.41) is 20.6. The standard InChI is InChI=1S/C14H22N4O3/c1-10-16-17-13(21-10)15-12(19)9-18-7-6-14(20)5-3-2-4-11(14)8-18/h11,20H,2-9H2,1H3,(H,15,17,19). The number of hydrogen-bond acceptors (Lipinski definition) is 6. The number of aromatic nitrogens is 2. The Morgan fingerprint density at radius 2 is 2.33 bits per heavy atom. The first-order valence-corrected chi connectivity index (χ1v) is 7.60. The molecule has 21 heavy (non-hydrogen) atoms. The molecule has 2 aliphatic rings. The summed E-state index contributed by atoms with van der Waals surface area (Å²) in [4.78, 5) is 14.1. The van der Waals surface area contributed by atoms with Crippen LogP contribution in [0.1, 0.15) is 38.0 Å². The summed E-state index contributed by atoms with van der Waals surface area (Å²) < 4.78 is 5.13. The van der Waals surface area contributed by atoms with Gasteiger partial charge in [0.1, 0.15) is 0 Å². The van der Waals surface area contributed by atoms with Crippen LogP contribution in [-0.4, -0.2) is 51.3 Å². The van der Waals surface area contributed by atoms with Crippen LogP contribution < -0.4 is 5.32 Å². The van der Waals surface area contributed by atoms with Crippen molar-refractivity contribution in [2.45, 2.75) is 44.6 Å². The Labute approximate surface area is 123 Å². The van der Waals surface area contributed by atoms with Crippen molar-refractivity contribution in [3.05, 3.63) is 5.89 Å². The van der Waals surface area contributed by atoms with Gasteiger partial charge in [0, 0.05) is 25.9 Å². The Hall–Kier alpha value is -1.47. The zero-order valence-corrected chi connectivity index (χ0v) is 12.3. The molecule has 7 nitrogen and oxygen atoms in total. The number of piperidine rings is 1. The average Bonchev–Trinajstić information content (AvgIpc) is 2.84. The maximum atomic E-state index is 12.0. The predicted molar refractivity (Wildman–Crippen MR) is 75.6 cm³/mol. The molecule has 2 heterocycles. The van der Waals surface area contributed by atoms with Crippen LogP contribution in [0, 0.1) is 12.8 Å². The number of carbonyl (C=O) groups is 1. The lowest BCUT2D eigenvalue weighted by Crippen LogP contribution is -2.54. The van der Waals surface area contributed by atoms with Crippen LogP contribution in [0.5, 0.6) is 0 Å². The van der Waals surface area contributed by atoms with E-state index in [1.807, 2.05) is 0 Å². The highest BCUT2D eigenvalue weighted by Crippen LogP contribution is 2.39. The Balaban J connectivity index is 1.53. The largest absolute Gasteiger partial charge is 0.408 e. The van der Waals surface area contributed by atoms with Gasteiger partial charge in [-0.1, -0.05) is 17.9 Å². The highest BCUT2D eigenvalue weighted by atomic mass is 16.4. The van der Waals surface area contributed by atoms with Crippen LogP contribution in [-0.2, 0) is 4.79 Å². The molecule has 1 aliphatic heterocycles. The fraction of sp³-hybridized carbons (Fsp3) is 0.786. The molecule has 0 spiro atoms. The van der Waals surface area contributed by atoms with Gasteiger partial charge in [-0.3, -0.25) is 15.0 Å². The minimum absolute atomic E-state index is 0.142. The molecule has 1 aromatic rings. The second kappa shape index (κ2) is 5.73. The van der Waals surface area contributed by atoms with Gasteiger partial charge < -0.3 is 9.52 Å². The number of aliphatic hydroxyl groups is 1. The Morgan fingerprint density at radius 3 is 3.10 bits per heavy atom. The van der Waals surface area contributed by atoms with Crippen molar-refractivity contribution in [1.82, 2.24) is 15.1 Å². The molecule has 1 saturated carbocycles. The number of rotatable bonds is 3. The molecule has 2 unspecified atom stereocenters. The molecule has 116 valence electrons. The zero-order chi connectivity index (χ0) is 14.9. The van der Waals surface area contributed by atoms with Crippen LogP contribution in [0.2, 0.25) is 0 Å². The van der Waals surface area contributed by atoms with Crippen molar-refractivity contribution in [1.29, 1.82) is 0 Å². The summed E-state index contributed by atoms with van der Waals surface area (Å²) in [7, 11) is 0. The second-order valence-electron chi connectivity index (χ2n) is 6.21. The molecule has 3 rings (SSSR count). The molecule has 1 saturated heterocycles. The van der Waals surface area contributed by atoms with Crippen LogP contribution in [0.3, 0.4) is 0 Å². The van der Waals surface area contributed by atoms with Crippen LogP contribution in [0.15, 0.2) is 4.42 Å². The summed E-state index contributed by atoms with van der Waals surface area (Å²) >= 11 is 0. The first-order chi connectivity index (χ1) is 10.0. The van der Waals surface area contributed by atoms with Gasteiger partial charge >= 0.3 is 6.01 Å². The number of amides is 1. The van der Waals surface area contributed by atoms with Crippen molar-refractivity contribution in [3.8, 4) is 0 Å². The fourth-order valence-electron chi connectivity index (χ4n) is 3.49. The molecule has 2 N–H and O–H groups in total. The quantitative estimate of drug-likeness (QED) is 0.862. The Bertz CT molecular complexity index is 518. The van der Waals surface area contributed by atoms with Crippen LogP contribution in [0.25, 0.3) is 0 Å². The van der Waals surface area contributed by atoms with E-state index in [1.54, 1.807) is 6.92 Å². The first-order valence-electron chi connectivity index (χ1n) is 7.60. The van der Waals surface area contributed by atoms with E-state index in [0.717, 1.165) is 38.8 Å². The van der Waals surface area contributed by atoms with Crippen molar-refractivity contribution in [3.63, 3.8) is 0 Å². The highest BCUT2D eigenvalue weighted by molar-refractivity contribution is 5.90. The van der Waals surface area contributed by atoms with Crippen LogP contribution >= 0.6 is 0 Å². The van der Waals surface area contributed by atoms with Gasteiger partial charge in [0.25, 0.3) is 0 Å². The lowest BCUT2D eigenvalue weighted by Gasteiger charge is -2.47. The summed E-state index contributed by atoms with van der Waals surface area (Å²) in [6.07, 6.45) is 5.00. The highest BCUT2D eigenvalue weighted by Gasteiger charge is 2.42. The minimum atomic E-state index is -0.505. The number of aryl methyl sites for hydroxylation is 1. The number of likely N-dealkylation sites (tertiary alicyclic amines) is 1. The number of anilines is 1. The third-order valence-corrected chi connectivity index (χ3v) is 4.65. The molecule has 1 amide bonds. The van der Waals surface area contributed by atoms with Gasteiger partial charge in [-0.25, -0.2) is 0 Å². The lowest BCUT2D eigenvalue weighted by molar-refractivity contribution is -0.123. The Kier molecular flexibility index (Phi) is 3.95. The van der Waals surface area contributed by atoms with Crippen molar-refractivity contribution in [2.24, 2.45) is 5.92 Å². The molecule has 1 aliphatic carbocycles. The van der Waals surface area contributed by atoms with E-state index >= 15 is 0 Å². The summed E-state index contributed by atoms with van der Waals surface area (Å²) in [5.41, 5.74) is -0.505. The first kappa shape index (κ1) is 14.5. The molecule has 2 atom stereocenters. The van der Waals surface area contributed by atoms with Gasteiger partial charge in [0.2, 0.25) is 11.8 Å².